The number of benzene rings is 2. The Morgan fingerprint density at radius 2 is 1.85 bits per heavy atom. The van der Waals surface area contributed by atoms with E-state index in [9.17, 15) is 0 Å². The normalized spacial score (nSPS) is 10.3. The Labute approximate surface area is 121 Å². The van der Waals surface area contributed by atoms with E-state index in [1.165, 1.54) is 29.7 Å². The first kappa shape index (κ1) is 14.4. The highest BCUT2D eigenvalue weighted by Gasteiger charge is 2.04. The molecule has 1 N–H and O–H groups in total. The highest BCUT2D eigenvalue weighted by molar-refractivity contribution is 5.55. The zero-order valence-electron chi connectivity index (χ0n) is 12.4. The summed E-state index contributed by atoms with van der Waals surface area (Å²) in [5.41, 5.74) is 3.84. The Bertz CT molecular complexity index is 522. The van der Waals surface area contributed by atoms with E-state index >= 15 is 0 Å². The number of anilines is 1. The summed E-state index contributed by atoms with van der Waals surface area (Å²) in [6, 6.07) is 16.8. The van der Waals surface area contributed by atoms with E-state index in [2.05, 4.69) is 48.6 Å². The van der Waals surface area contributed by atoms with E-state index in [-0.39, 0.29) is 0 Å². The summed E-state index contributed by atoms with van der Waals surface area (Å²) in [7, 11) is 1.71. The van der Waals surface area contributed by atoms with Gasteiger partial charge in [0.05, 0.1) is 7.11 Å². The van der Waals surface area contributed by atoms with Gasteiger partial charge < -0.3 is 10.1 Å². The van der Waals surface area contributed by atoms with Crippen LogP contribution in [-0.4, -0.2) is 7.11 Å². The molecular formula is C18H23NO. The first-order valence-corrected chi connectivity index (χ1v) is 7.28. The Morgan fingerprint density at radius 1 is 1.05 bits per heavy atom. The Balaban J connectivity index is 2.10. The molecule has 0 saturated carbocycles. The number of aryl methyl sites for hydroxylation is 1. The molecule has 0 saturated heterocycles. The molecule has 106 valence electrons. The lowest BCUT2D eigenvalue weighted by Crippen LogP contribution is -2.03. The summed E-state index contributed by atoms with van der Waals surface area (Å²) in [5.74, 6) is 0.904. The van der Waals surface area contributed by atoms with Crippen LogP contribution in [0.1, 0.15) is 30.9 Å². The van der Waals surface area contributed by atoms with Crippen LogP contribution in [0, 0.1) is 0 Å². The zero-order chi connectivity index (χ0) is 14.2. The number of hydrogen-bond acceptors (Lipinski definition) is 2. The van der Waals surface area contributed by atoms with Crippen LogP contribution in [0.15, 0.2) is 48.5 Å². The molecule has 2 nitrogen and oxygen atoms in total. The topological polar surface area (TPSA) is 21.3 Å². The third kappa shape index (κ3) is 4.02. The molecule has 0 bridgehead atoms. The maximum absolute atomic E-state index is 5.33. The maximum atomic E-state index is 5.33. The van der Waals surface area contributed by atoms with Crippen LogP contribution in [-0.2, 0) is 13.0 Å². The van der Waals surface area contributed by atoms with E-state index in [1.54, 1.807) is 7.11 Å². The third-order valence-corrected chi connectivity index (χ3v) is 3.44. The molecule has 2 heteroatoms. The van der Waals surface area contributed by atoms with E-state index in [0.717, 1.165) is 18.7 Å². The second-order valence-corrected chi connectivity index (χ2v) is 4.97. The predicted octanol–water partition coefficient (Wildman–Crippen LogP) is 4.65. The molecule has 0 radical (unpaired) electrons. The van der Waals surface area contributed by atoms with Crippen molar-refractivity contribution in [3.8, 4) is 5.75 Å². The standard InChI is InChI=1S/C18H23NO/c1-3-4-10-16-11-12-17(20-2)13-18(16)19-14-15-8-6-5-7-9-15/h5-9,11-13,19H,3-4,10,14H2,1-2H3. The molecule has 2 aromatic carbocycles. The van der Waals surface area contributed by atoms with Crippen LogP contribution in [0.2, 0.25) is 0 Å². The number of ether oxygens (including phenoxy) is 1. The number of methoxy groups -OCH3 is 1. The van der Waals surface area contributed by atoms with Gasteiger partial charge in [0.25, 0.3) is 0 Å². The summed E-state index contributed by atoms with van der Waals surface area (Å²) in [5, 5.41) is 3.53. The van der Waals surface area contributed by atoms with Crippen molar-refractivity contribution in [1.82, 2.24) is 0 Å². The molecule has 0 aromatic heterocycles. The van der Waals surface area contributed by atoms with Crippen molar-refractivity contribution in [2.45, 2.75) is 32.7 Å². The average molecular weight is 269 g/mol. The molecular weight excluding hydrogens is 246 g/mol. The molecule has 0 spiro atoms. The van der Waals surface area contributed by atoms with E-state index in [4.69, 9.17) is 4.74 Å². The van der Waals surface area contributed by atoms with E-state index < -0.39 is 0 Å². The largest absolute Gasteiger partial charge is 0.497 e. The lowest BCUT2D eigenvalue weighted by Gasteiger charge is -2.13. The van der Waals surface area contributed by atoms with Gasteiger partial charge in [-0.15, -0.1) is 0 Å². The van der Waals surface area contributed by atoms with Crippen LogP contribution >= 0.6 is 0 Å². The lowest BCUT2D eigenvalue weighted by molar-refractivity contribution is 0.415. The third-order valence-electron chi connectivity index (χ3n) is 3.44. The summed E-state index contributed by atoms with van der Waals surface area (Å²) < 4.78 is 5.33. The van der Waals surface area contributed by atoms with Crippen molar-refractivity contribution >= 4 is 5.69 Å². The lowest BCUT2D eigenvalue weighted by atomic mass is 10.1. The van der Waals surface area contributed by atoms with Crippen molar-refractivity contribution < 1.29 is 4.74 Å². The SMILES string of the molecule is CCCCc1ccc(OC)cc1NCc1ccccc1. The molecule has 20 heavy (non-hydrogen) atoms. The van der Waals surface area contributed by atoms with Crippen molar-refractivity contribution in [1.29, 1.82) is 0 Å². The van der Waals surface area contributed by atoms with Gasteiger partial charge in [0.15, 0.2) is 0 Å². The van der Waals surface area contributed by atoms with Gasteiger partial charge in [0.2, 0.25) is 0 Å². The Kier molecular flexibility index (Phi) is 5.48. The highest BCUT2D eigenvalue weighted by Crippen LogP contribution is 2.24. The van der Waals surface area contributed by atoms with Gasteiger partial charge in [-0.05, 0) is 30.0 Å². The van der Waals surface area contributed by atoms with E-state index in [1.807, 2.05) is 12.1 Å². The molecule has 0 aliphatic carbocycles. The smallest absolute Gasteiger partial charge is 0.120 e. The number of rotatable bonds is 7. The predicted molar refractivity (Wildman–Crippen MR) is 85.4 cm³/mol. The first-order valence-electron chi connectivity index (χ1n) is 7.28. The average Bonchev–Trinajstić information content (AvgIpc) is 2.52. The molecule has 0 amide bonds. The Hall–Kier alpha value is -1.96. The summed E-state index contributed by atoms with van der Waals surface area (Å²) in [6.07, 6.45) is 3.54. The molecule has 0 unspecified atom stereocenters. The number of hydrogen-bond donors (Lipinski definition) is 1. The van der Waals surface area contributed by atoms with Gasteiger partial charge >= 0.3 is 0 Å². The van der Waals surface area contributed by atoms with Crippen molar-refractivity contribution in [3.05, 3.63) is 59.7 Å². The zero-order valence-corrected chi connectivity index (χ0v) is 12.4. The van der Waals surface area contributed by atoms with Gasteiger partial charge in [0, 0.05) is 18.3 Å². The van der Waals surface area contributed by atoms with Crippen LogP contribution in [0.5, 0.6) is 5.75 Å². The molecule has 2 aromatic rings. The quantitative estimate of drug-likeness (QED) is 0.790. The molecule has 0 heterocycles. The second-order valence-electron chi connectivity index (χ2n) is 4.97. The molecule has 0 fully saturated rings. The van der Waals surface area contributed by atoms with Crippen LogP contribution in [0.4, 0.5) is 5.69 Å². The van der Waals surface area contributed by atoms with Crippen molar-refractivity contribution in [3.63, 3.8) is 0 Å². The monoisotopic (exact) mass is 269 g/mol. The minimum atomic E-state index is 0.840. The fraction of sp³-hybridized carbons (Fsp3) is 0.333. The van der Waals surface area contributed by atoms with Crippen LogP contribution < -0.4 is 10.1 Å². The van der Waals surface area contributed by atoms with Gasteiger partial charge in [-0.25, -0.2) is 0 Å². The van der Waals surface area contributed by atoms with Gasteiger partial charge in [-0.2, -0.15) is 0 Å². The Morgan fingerprint density at radius 3 is 2.55 bits per heavy atom. The first-order chi connectivity index (χ1) is 9.83. The van der Waals surface area contributed by atoms with Crippen molar-refractivity contribution in [2.75, 3.05) is 12.4 Å². The molecule has 0 aliphatic rings. The number of nitrogens with one attached hydrogen (secondary N) is 1. The molecule has 0 aliphatic heterocycles. The number of unbranched alkanes of at least 4 members (excludes halogenated alkanes) is 1. The van der Waals surface area contributed by atoms with Gasteiger partial charge in [-0.3, -0.25) is 0 Å². The second kappa shape index (κ2) is 7.59. The minimum Gasteiger partial charge on any atom is -0.497 e. The van der Waals surface area contributed by atoms with Gasteiger partial charge in [-0.1, -0.05) is 49.7 Å². The summed E-state index contributed by atoms with van der Waals surface area (Å²) >= 11 is 0. The summed E-state index contributed by atoms with van der Waals surface area (Å²) in [4.78, 5) is 0. The highest BCUT2D eigenvalue weighted by atomic mass is 16.5. The van der Waals surface area contributed by atoms with Crippen molar-refractivity contribution in [2.24, 2.45) is 0 Å². The van der Waals surface area contributed by atoms with Gasteiger partial charge in [0.1, 0.15) is 5.75 Å². The fourth-order valence-electron chi connectivity index (χ4n) is 2.23. The minimum absolute atomic E-state index is 0.840. The summed E-state index contributed by atoms with van der Waals surface area (Å²) in [6.45, 7) is 3.06. The van der Waals surface area contributed by atoms with E-state index in [0.29, 0.717) is 0 Å². The fourth-order valence-corrected chi connectivity index (χ4v) is 2.23. The molecule has 2 rings (SSSR count). The maximum Gasteiger partial charge on any atom is 0.120 e. The molecule has 0 atom stereocenters. The van der Waals surface area contributed by atoms with Crippen LogP contribution in [0.25, 0.3) is 0 Å². The van der Waals surface area contributed by atoms with Crippen LogP contribution in [0.3, 0.4) is 0 Å².